The van der Waals surface area contributed by atoms with Crippen molar-refractivity contribution < 1.29 is 4.42 Å². The van der Waals surface area contributed by atoms with Crippen molar-refractivity contribution in [2.45, 2.75) is 39.2 Å². The first kappa shape index (κ1) is 15.3. The summed E-state index contributed by atoms with van der Waals surface area (Å²) in [7, 11) is 0. The summed E-state index contributed by atoms with van der Waals surface area (Å²) in [6, 6.07) is 0.642. The van der Waals surface area contributed by atoms with Gasteiger partial charge < -0.3 is 15.1 Å². The minimum absolute atomic E-state index is 0.115. The van der Waals surface area contributed by atoms with Gasteiger partial charge in [0.2, 0.25) is 5.89 Å². The van der Waals surface area contributed by atoms with Crippen molar-refractivity contribution in [2.75, 3.05) is 30.4 Å². The molecule has 5 nitrogen and oxygen atoms in total. The molecule has 1 aromatic rings. The lowest BCUT2D eigenvalue weighted by molar-refractivity contribution is 0.423. The van der Waals surface area contributed by atoms with Gasteiger partial charge in [0.05, 0.1) is 6.04 Å². The molecule has 104 valence electrons. The normalized spacial score (nSPS) is 12.6. The van der Waals surface area contributed by atoms with Gasteiger partial charge in [0.25, 0.3) is 0 Å². The second-order valence-corrected chi connectivity index (χ2v) is 5.23. The number of thioether (sulfide) groups is 1. The highest BCUT2D eigenvalue weighted by atomic mass is 32.2. The smallest absolute Gasteiger partial charge is 0.315 e. The summed E-state index contributed by atoms with van der Waals surface area (Å²) in [4.78, 5) is 0. The highest BCUT2D eigenvalue weighted by Gasteiger charge is 2.12. The second kappa shape index (κ2) is 9.22. The van der Waals surface area contributed by atoms with E-state index in [1.54, 1.807) is 0 Å². The van der Waals surface area contributed by atoms with E-state index >= 15 is 0 Å². The Morgan fingerprint density at radius 3 is 2.83 bits per heavy atom. The van der Waals surface area contributed by atoms with E-state index < -0.39 is 0 Å². The van der Waals surface area contributed by atoms with E-state index in [0.717, 1.165) is 25.9 Å². The molecule has 0 aliphatic rings. The first-order valence-corrected chi connectivity index (χ1v) is 7.97. The summed E-state index contributed by atoms with van der Waals surface area (Å²) < 4.78 is 5.55. The summed E-state index contributed by atoms with van der Waals surface area (Å²) in [6.45, 7) is 6.01. The lowest BCUT2D eigenvalue weighted by atomic mass is 10.3. The SMILES string of the molecule is CCCNC(C)c1nnc(NCCCCSC)o1. The Balaban J connectivity index is 2.25. The zero-order valence-electron chi connectivity index (χ0n) is 11.5. The fourth-order valence-electron chi connectivity index (χ4n) is 1.50. The Kier molecular flexibility index (Phi) is 7.84. The summed E-state index contributed by atoms with van der Waals surface area (Å²) >= 11 is 1.88. The van der Waals surface area contributed by atoms with E-state index in [2.05, 4.69) is 34.0 Å². The van der Waals surface area contributed by atoms with Gasteiger partial charge in [-0.25, -0.2) is 0 Å². The molecule has 1 aromatic heterocycles. The standard InChI is InChI=1S/C12H24N4OS/c1-4-7-13-10(2)11-15-16-12(17-11)14-8-5-6-9-18-3/h10,13H,4-9H2,1-3H3,(H,14,16). The van der Waals surface area contributed by atoms with Crippen LogP contribution in [0.4, 0.5) is 6.01 Å². The number of hydrogen-bond donors (Lipinski definition) is 2. The van der Waals surface area contributed by atoms with E-state index in [-0.39, 0.29) is 6.04 Å². The summed E-state index contributed by atoms with van der Waals surface area (Å²) in [5.74, 6) is 1.85. The van der Waals surface area contributed by atoms with Crippen molar-refractivity contribution in [3.63, 3.8) is 0 Å². The van der Waals surface area contributed by atoms with Crippen molar-refractivity contribution in [2.24, 2.45) is 0 Å². The molecular weight excluding hydrogens is 248 g/mol. The van der Waals surface area contributed by atoms with Crippen LogP contribution in [0.2, 0.25) is 0 Å². The van der Waals surface area contributed by atoms with Crippen LogP contribution >= 0.6 is 11.8 Å². The van der Waals surface area contributed by atoms with Gasteiger partial charge in [0, 0.05) is 6.54 Å². The third-order valence-electron chi connectivity index (χ3n) is 2.56. The molecule has 0 amide bonds. The predicted molar refractivity (Wildman–Crippen MR) is 77.1 cm³/mol. The number of hydrogen-bond acceptors (Lipinski definition) is 6. The Labute approximate surface area is 114 Å². The molecule has 1 rings (SSSR count). The monoisotopic (exact) mass is 272 g/mol. The molecule has 1 atom stereocenters. The van der Waals surface area contributed by atoms with Gasteiger partial charge in [0.1, 0.15) is 0 Å². The summed E-state index contributed by atoms with van der Waals surface area (Å²) in [5.41, 5.74) is 0. The Bertz CT molecular complexity index is 319. The van der Waals surface area contributed by atoms with E-state index in [1.165, 1.54) is 12.2 Å². The lowest BCUT2D eigenvalue weighted by Crippen LogP contribution is -2.19. The molecule has 0 spiro atoms. The third-order valence-corrected chi connectivity index (χ3v) is 3.26. The molecule has 0 saturated heterocycles. The highest BCUT2D eigenvalue weighted by Crippen LogP contribution is 2.13. The molecule has 0 aromatic carbocycles. The van der Waals surface area contributed by atoms with Gasteiger partial charge in [-0.05, 0) is 44.7 Å². The van der Waals surface area contributed by atoms with E-state index in [0.29, 0.717) is 11.9 Å². The van der Waals surface area contributed by atoms with E-state index in [9.17, 15) is 0 Å². The molecular formula is C12H24N4OS. The van der Waals surface area contributed by atoms with Crippen LogP contribution in [-0.4, -0.2) is 35.3 Å². The molecule has 18 heavy (non-hydrogen) atoms. The fourth-order valence-corrected chi connectivity index (χ4v) is 1.99. The van der Waals surface area contributed by atoms with E-state index in [1.807, 2.05) is 18.7 Å². The number of aromatic nitrogens is 2. The van der Waals surface area contributed by atoms with Crippen molar-refractivity contribution in [1.82, 2.24) is 15.5 Å². The van der Waals surface area contributed by atoms with Gasteiger partial charge in [-0.1, -0.05) is 12.0 Å². The first-order chi connectivity index (χ1) is 8.77. The second-order valence-electron chi connectivity index (χ2n) is 4.25. The van der Waals surface area contributed by atoms with Gasteiger partial charge in [-0.15, -0.1) is 5.10 Å². The molecule has 0 saturated carbocycles. The minimum atomic E-state index is 0.115. The van der Waals surface area contributed by atoms with Gasteiger partial charge in [-0.3, -0.25) is 0 Å². The van der Waals surface area contributed by atoms with Gasteiger partial charge in [0.15, 0.2) is 0 Å². The number of rotatable bonds is 10. The molecule has 2 N–H and O–H groups in total. The molecule has 6 heteroatoms. The Morgan fingerprint density at radius 2 is 2.11 bits per heavy atom. The molecule has 0 radical (unpaired) electrons. The van der Waals surface area contributed by atoms with Crippen LogP contribution < -0.4 is 10.6 Å². The van der Waals surface area contributed by atoms with Crippen LogP contribution in [0.25, 0.3) is 0 Å². The molecule has 0 aliphatic heterocycles. The number of nitrogens with one attached hydrogen (secondary N) is 2. The van der Waals surface area contributed by atoms with Crippen LogP contribution in [0.3, 0.4) is 0 Å². The maximum absolute atomic E-state index is 5.55. The molecule has 0 bridgehead atoms. The molecule has 0 fully saturated rings. The quantitative estimate of drug-likeness (QED) is 0.639. The average molecular weight is 272 g/mol. The van der Waals surface area contributed by atoms with Crippen LogP contribution in [-0.2, 0) is 0 Å². The first-order valence-electron chi connectivity index (χ1n) is 6.57. The summed E-state index contributed by atoms with van der Waals surface area (Å²) in [5, 5.41) is 14.5. The zero-order chi connectivity index (χ0) is 13.2. The largest absolute Gasteiger partial charge is 0.406 e. The van der Waals surface area contributed by atoms with Gasteiger partial charge in [-0.2, -0.15) is 11.8 Å². The zero-order valence-corrected chi connectivity index (χ0v) is 12.3. The Hall–Kier alpha value is -0.750. The van der Waals surface area contributed by atoms with Gasteiger partial charge >= 0.3 is 6.01 Å². The van der Waals surface area contributed by atoms with Crippen molar-refractivity contribution >= 4 is 17.8 Å². The van der Waals surface area contributed by atoms with Crippen LogP contribution in [0.1, 0.15) is 45.0 Å². The maximum atomic E-state index is 5.55. The average Bonchev–Trinajstić information content (AvgIpc) is 2.84. The number of unbranched alkanes of at least 4 members (excludes halogenated alkanes) is 1. The van der Waals surface area contributed by atoms with Crippen LogP contribution in [0.15, 0.2) is 4.42 Å². The molecule has 0 aliphatic carbocycles. The van der Waals surface area contributed by atoms with Crippen LogP contribution in [0.5, 0.6) is 0 Å². The fraction of sp³-hybridized carbons (Fsp3) is 0.833. The van der Waals surface area contributed by atoms with E-state index in [4.69, 9.17) is 4.42 Å². The minimum Gasteiger partial charge on any atom is -0.406 e. The Morgan fingerprint density at radius 1 is 1.28 bits per heavy atom. The predicted octanol–water partition coefficient (Wildman–Crippen LogP) is 2.69. The van der Waals surface area contributed by atoms with Crippen molar-refractivity contribution in [1.29, 1.82) is 0 Å². The summed E-state index contributed by atoms with van der Waals surface area (Å²) in [6.07, 6.45) is 5.56. The lowest BCUT2D eigenvalue weighted by Gasteiger charge is -2.07. The third kappa shape index (κ3) is 5.73. The maximum Gasteiger partial charge on any atom is 0.315 e. The van der Waals surface area contributed by atoms with Crippen molar-refractivity contribution in [3.05, 3.63) is 5.89 Å². The number of anilines is 1. The highest BCUT2D eigenvalue weighted by molar-refractivity contribution is 7.98. The van der Waals surface area contributed by atoms with Crippen molar-refractivity contribution in [3.8, 4) is 0 Å². The molecule has 1 heterocycles. The topological polar surface area (TPSA) is 63.0 Å². The number of nitrogens with zero attached hydrogens (tertiary/aromatic N) is 2. The molecule has 1 unspecified atom stereocenters. The van der Waals surface area contributed by atoms with Crippen LogP contribution in [0, 0.1) is 0 Å².